The highest BCUT2D eigenvalue weighted by Crippen LogP contribution is 2.01. The van der Waals surface area contributed by atoms with E-state index in [9.17, 15) is 9.59 Å². The summed E-state index contributed by atoms with van der Waals surface area (Å²) in [5.41, 5.74) is 0.627. The Kier molecular flexibility index (Phi) is 6.92. The van der Waals surface area contributed by atoms with Crippen molar-refractivity contribution in [1.29, 1.82) is 0 Å². The zero-order valence-corrected chi connectivity index (χ0v) is 11.5. The molecule has 20 heavy (non-hydrogen) atoms. The second kappa shape index (κ2) is 9.72. The van der Waals surface area contributed by atoms with E-state index >= 15 is 0 Å². The fraction of sp³-hybridized carbons (Fsp3) is 0.400. The summed E-state index contributed by atoms with van der Waals surface area (Å²) < 4.78 is 17.4. The van der Waals surface area contributed by atoms with Crippen LogP contribution in [0.25, 0.3) is 0 Å². The second-order valence-electron chi connectivity index (χ2n) is 4.03. The highest BCUT2D eigenvalue weighted by molar-refractivity contribution is 5.90. The SMILES string of the molecule is [3H]c1ccccc1COC(=O)CC=NC(=O)OCCCC. The molecule has 0 fully saturated rings. The third kappa shape index (κ3) is 7.31. The van der Waals surface area contributed by atoms with Crippen LogP contribution in [0.3, 0.4) is 0 Å². The van der Waals surface area contributed by atoms with Gasteiger partial charge in [-0.3, -0.25) is 4.79 Å². The van der Waals surface area contributed by atoms with E-state index in [2.05, 4.69) is 4.99 Å². The molecular formula is C15H19NO4. The zero-order chi connectivity index (χ0) is 15.5. The molecule has 1 amide bonds. The summed E-state index contributed by atoms with van der Waals surface area (Å²) >= 11 is 0. The Balaban J connectivity index is 2.25. The molecule has 108 valence electrons. The first-order chi connectivity index (χ1) is 10.1. The fourth-order valence-electron chi connectivity index (χ4n) is 1.27. The minimum Gasteiger partial charge on any atom is -0.461 e. The normalized spacial score (nSPS) is 11.2. The van der Waals surface area contributed by atoms with E-state index in [0.717, 1.165) is 12.8 Å². The standard InChI is InChI=1S/C15H19NO4/c1-2-3-11-19-15(18)16-10-9-14(17)20-12-13-7-5-4-6-8-13/h4-8,10H,2-3,9,11-12H2,1H3/i7T. The van der Waals surface area contributed by atoms with Crippen LogP contribution in [0.5, 0.6) is 0 Å². The van der Waals surface area contributed by atoms with Crippen LogP contribution in [-0.4, -0.2) is 24.9 Å². The maximum atomic E-state index is 11.4. The lowest BCUT2D eigenvalue weighted by molar-refractivity contribution is -0.143. The topological polar surface area (TPSA) is 65.0 Å². The summed E-state index contributed by atoms with van der Waals surface area (Å²) in [6.07, 6.45) is 2.08. The number of hydrogen-bond acceptors (Lipinski definition) is 4. The summed E-state index contributed by atoms with van der Waals surface area (Å²) in [4.78, 5) is 26.1. The molecule has 0 bridgehead atoms. The van der Waals surface area contributed by atoms with Crippen molar-refractivity contribution in [3.63, 3.8) is 0 Å². The average Bonchev–Trinajstić information content (AvgIpc) is 2.47. The van der Waals surface area contributed by atoms with Gasteiger partial charge in [0.2, 0.25) is 0 Å². The number of nitrogens with zero attached hydrogens (tertiary/aromatic N) is 1. The quantitative estimate of drug-likeness (QED) is 0.437. The Morgan fingerprint density at radius 2 is 2.20 bits per heavy atom. The van der Waals surface area contributed by atoms with E-state index < -0.39 is 12.1 Å². The highest BCUT2D eigenvalue weighted by atomic mass is 16.5. The molecule has 0 aliphatic carbocycles. The van der Waals surface area contributed by atoms with Gasteiger partial charge >= 0.3 is 12.1 Å². The van der Waals surface area contributed by atoms with Crippen LogP contribution in [0.2, 0.25) is 0 Å². The van der Waals surface area contributed by atoms with Crippen molar-refractivity contribution >= 4 is 18.3 Å². The lowest BCUT2D eigenvalue weighted by atomic mass is 10.2. The predicted molar refractivity (Wildman–Crippen MR) is 75.6 cm³/mol. The number of ether oxygens (including phenoxy) is 2. The third-order valence-electron chi connectivity index (χ3n) is 2.34. The number of hydrogen-bond donors (Lipinski definition) is 0. The lowest BCUT2D eigenvalue weighted by Gasteiger charge is -2.02. The van der Waals surface area contributed by atoms with Gasteiger partial charge in [-0.1, -0.05) is 43.7 Å². The van der Waals surface area contributed by atoms with Gasteiger partial charge in [0.15, 0.2) is 0 Å². The molecule has 0 aliphatic rings. The van der Waals surface area contributed by atoms with E-state index in [-0.39, 0.29) is 13.0 Å². The number of carbonyl (C=O) groups excluding carboxylic acids is 2. The van der Waals surface area contributed by atoms with Gasteiger partial charge in [0, 0.05) is 6.21 Å². The summed E-state index contributed by atoms with van der Waals surface area (Å²) in [5, 5.41) is 0. The van der Waals surface area contributed by atoms with Crippen molar-refractivity contribution in [3.8, 4) is 0 Å². The van der Waals surface area contributed by atoms with Crippen molar-refractivity contribution in [3.05, 3.63) is 35.9 Å². The van der Waals surface area contributed by atoms with Crippen LogP contribution in [0.4, 0.5) is 4.79 Å². The predicted octanol–water partition coefficient (Wildman–Crippen LogP) is 3.13. The van der Waals surface area contributed by atoms with E-state index in [4.69, 9.17) is 10.8 Å². The molecule has 1 aromatic rings. The number of aliphatic imine (C=N–C) groups is 1. The number of amides is 1. The first kappa shape index (κ1) is 14.2. The molecule has 0 unspecified atom stereocenters. The largest absolute Gasteiger partial charge is 0.461 e. The maximum absolute atomic E-state index is 11.4. The molecule has 0 spiro atoms. The Hall–Kier alpha value is -2.17. The average molecular weight is 279 g/mol. The molecule has 5 nitrogen and oxygen atoms in total. The molecule has 0 heterocycles. The Labute approximate surface area is 120 Å². The molecule has 0 atom stereocenters. The van der Waals surface area contributed by atoms with Crippen LogP contribution in [0.15, 0.2) is 35.3 Å². The minimum absolute atomic E-state index is 0.0350. The molecule has 0 saturated carbocycles. The minimum atomic E-state index is -0.701. The molecule has 1 rings (SSSR count). The van der Waals surface area contributed by atoms with Gasteiger partial charge in [-0.15, -0.1) is 0 Å². The van der Waals surface area contributed by atoms with E-state index in [1.807, 2.05) is 6.92 Å². The van der Waals surface area contributed by atoms with Crippen LogP contribution in [0, 0.1) is 0 Å². The molecule has 1 aromatic carbocycles. The van der Waals surface area contributed by atoms with E-state index in [1.165, 1.54) is 6.21 Å². The van der Waals surface area contributed by atoms with Gasteiger partial charge in [0.1, 0.15) is 6.61 Å². The van der Waals surface area contributed by atoms with Crippen molar-refractivity contribution in [2.24, 2.45) is 4.99 Å². The number of unbranched alkanes of at least 4 members (excludes halogenated alkanes) is 1. The van der Waals surface area contributed by atoms with Crippen molar-refractivity contribution < 1.29 is 20.4 Å². The van der Waals surface area contributed by atoms with Crippen molar-refractivity contribution in [2.45, 2.75) is 32.8 Å². The van der Waals surface area contributed by atoms with Crippen LogP contribution in [-0.2, 0) is 20.9 Å². The summed E-state index contributed by atoms with van der Waals surface area (Å²) in [7, 11) is 0. The second-order valence-corrected chi connectivity index (χ2v) is 4.03. The van der Waals surface area contributed by atoms with Gasteiger partial charge in [0.25, 0.3) is 0 Å². The number of benzene rings is 1. The zero-order valence-electron chi connectivity index (χ0n) is 12.5. The van der Waals surface area contributed by atoms with Gasteiger partial charge in [-0.25, -0.2) is 4.79 Å². The number of rotatable bonds is 7. The fourth-order valence-corrected chi connectivity index (χ4v) is 1.27. The summed E-state index contributed by atoms with van der Waals surface area (Å²) in [5.74, 6) is -0.511. The molecular weight excluding hydrogens is 258 g/mol. The summed E-state index contributed by atoms with van der Waals surface area (Å²) in [6.45, 7) is 2.35. The van der Waals surface area contributed by atoms with E-state index in [0.29, 0.717) is 18.2 Å². The molecule has 0 radical (unpaired) electrons. The van der Waals surface area contributed by atoms with E-state index in [1.54, 1.807) is 24.3 Å². The molecule has 0 saturated heterocycles. The number of carbonyl (C=O) groups is 2. The maximum Gasteiger partial charge on any atom is 0.433 e. The summed E-state index contributed by atoms with van der Waals surface area (Å²) in [6, 6.07) is 7.17. The Morgan fingerprint density at radius 1 is 1.35 bits per heavy atom. The molecule has 0 aliphatic heterocycles. The van der Waals surface area contributed by atoms with Gasteiger partial charge in [-0.2, -0.15) is 4.99 Å². The van der Waals surface area contributed by atoms with Crippen LogP contribution >= 0.6 is 0 Å². The van der Waals surface area contributed by atoms with Gasteiger partial charge < -0.3 is 9.47 Å². The monoisotopic (exact) mass is 279 g/mol. The van der Waals surface area contributed by atoms with Gasteiger partial charge in [-0.05, 0) is 12.0 Å². The Morgan fingerprint density at radius 3 is 2.95 bits per heavy atom. The molecule has 0 aromatic heterocycles. The Bertz CT molecular complexity index is 502. The number of esters is 1. The third-order valence-corrected chi connectivity index (χ3v) is 2.34. The van der Waals surface area contributed by atoms with Gasteiger partial charge in [0.05, 0.1) is 14.4 Å². The molecule has 0 N–H and O–H groups in total. The van der Waals surface area contributed by atoms with Crippen molar-refractivity contribution in [1.82, 2.24) is 0 Å². The highest BCUT2D eigenvalue weighted by Gasteiger charge is 2.02. The lowest BCUT2D eigenvalue weighted by Crippen LogP contribution is -2.06. The molecule has 5 heteroatoms. The van der Waals surface area contributed by atoms with Crippen molar-refractivity contribution in [2.75, 3.05) is 6.61 Å². The smallest absolute Gasteiger partial charge is 0.433 e. The van der Waals surface area contributed by atoms with Crippen LogP contribution in [0.1, 0.15) is 33.1 Å². The first-order valence-corrected chi connectivity index (χ1v) is 6.53. The van der Waals surface area contributed by atoms with Crippen LogP contribution < -0.4 is 0 Å². The first-order valence-electron chi connectivity index (χ1n) is 7.03.